The van der Waals surface area contributed by atoms with E-state index in [0.29, 0.717) is 0 Å². The van der Waals surface area contributed by atoms with Crippen LogP contribution >= 0.6 is 0 Å². The number of carbonyl (C=O) groups excluding carboxylic acids is 3. The summed E-state index contributed by atoms with van der Waals surface area (Å²) in [5.74, 6) is -2.70. The molecule has 324 valence electrons. The zero-order valence-corrected chi connectivity index (χ0v) is 34.6. The van der Waals surface area contributed by atoms with Crippen LogP contribution in [0.3, 0.4) is 0 Å². The molecule has 0 aliphatic carbocycles. The Morgan fingerprint density at radius 2 is 0.857 bits per heavy atom. The van der Waals surface area contributed by atoms with Crippen molar-refractivity contribution in [3.8, 4) is 17.8 Å². The average molecular weight is 865 g/mol. The molecule has 7 rings (SSSR count). The van der Waals surface area contributed by atoms with E-state index in [1.807, 2.05) is 0 Å². The normalized spacial score (nSPS) is 11.8. The molecule has 30 heteroatoms. The molecular formula is C33H36N24O6. The van der Waals surface area contributed by atoms with E-state index in [0.717, 1.165) is 14.0 Å². The van der Waals surface area contributed by atoms with E-state index >= 15 is 0 Å². The summed E-state index contributed by atoms with van der Waals surface area (Å²) in [6.07, 6.45) is 3.82. The molecule has 7 heterocycles. The number of hydrogen-bond donors (Lipinski definition) is 4. The van der Waals surface area contributed by atoms with Crippen molar-refractivity contribution in [2.75, 3.05) is 38.0 Å². The third-order valence-corrected chi connectivity index (χ3v) is 9.07. The van der Waals surface area contributed by atoms with Crippen molar-refractivity contribution in [2.45, 2.75) is 20.8 Å². The Hall–Kier alpha value is -8.96. The standard InChI is InChI=1S/C33H36N24O6/c1-13-20(43-46-26-16(19(59)12-58)9-37-52(26)4)23(34)55(49-13)31-40-32(56-24(35)21(14(2)50-56)44-47-27-17(29(60)62-7)10-38-53(27)5)42-33(41-31)57-25(36)22(15(3)51-57)45-48-28-18(30(61)63-8)11-39-54(28)6/h9-11,58H,12,34-36H2,1-8H3. The number of carbonyl (C=O) groups is 3. The molecule has 0 saturated carbocycles. The number of anilines is 3. The van der Waals surface area contributed by atoms with E-state index in [2.05, 4.69) is 76.2 Å². The number of nitrogens with two attached hydrogens (primary N) is 3. The summed E-state index contributed by atoms with van der Waals surface area (Å²) in [7, 11) is 7.10. The number of esters is 2. The van der Waals surface area contributed by atoms with Gasteiger partial charge in [0.1, 0.15) is 17.7 Å². The first kappa shape index (κ1) is 42.2. The van der Waals surface area contributed by atoms with Gasteiger partial charge in [-0.1, -0.05) is 0 Å². The molecule has 0 amide bonds. The predicted molar refractivity (Wildman–Crippen MR) is 215 cm³/mol. The second kappa shape index (κ2) is 16.6. The molecule has 30 nitrogen and oxygen atoms in total. The van der Waals surface area contributed by atoms with Gasteiger partial charge in [-0.05, 0) is 20.8 Å². The first-order chi connectivity index (χ1) is 30.1. The largest absolute Gasteiger partial charge is 0.465 e. The number of rotatable bonds is 13. The summed E-state index contributed by atoms with van der Waals surface area (Å²) in [4.78, 5) is 50.7. The molecule has 0 fully saturated rings. The second-order valence-corrected chi connectivity index (χ2v) is 13.1. The third-order valence-electron chi connectivity index (χ3n) is 9.07. The molecular weight excluding hydrogens is 829 g/mol. The van der Waals surface area contributed by atoms with Gasteiger partial charge in [0.2, 0.25) is 0 Å². The van der Waals surface area contributed by atoms with Crippen molar-refractivity contribution in [1.82, 2.24) is 73.6 Å². The highest BCUT2D eigenvalue weighted by Crippen LogP contribution is 2.35. The van der Waals surface area contributed by atoms with Gasteiger partial charge in [0.05, 0.1) is 55.5 Å². The number of ketones is 1. The van der Waals surface area contributed by atoms with Gasteiger partial charge in [0.15, 0.2) is 57.8 Å². The van der Waals surface area contributed by atoms with Gasteiger partial charge < -0.3 is 31.8 Å². The van der Waals surface area contributed by atoms with Crippen LogP contribution in [0.1, 0.15) is 48.2 Å². The quantitative estimate of drug-likeness (QED) is 0.0733. The van der Waals surface area contributed by atoms with Crippen LogP contribution in [0.15, 0.2) is 49.3 Å². The number of nitrogens with zero attached hydrogens (tertiary/aromatic N) is 21. The fraction of sp³-hybridized carbons (Fsp3) is 0.273. The average Bonchev–Trinajstić information content (AvgIpc) is 4.11. The van der Waals surface area contributed by atoms with Gasteiger partial charge in [-0.25, -0.2) is 23.6 Å². The van der Waals surface area contributed by atoms with Gasteiger partial charge in [-0.15, -0.1) is 30.7 Å². The summed E-state index contributed by atoms with van der Waals surface area (Å²) < 4.78 is 17.0. The number of azo groups is 3. The molecule has 0 bridgehead atoms. The molecule has 0 aliphatic heterocycles. The van der Waals surface area contributed by atoms with Crippen LogP contribution in [0.4, 0.5) is 52.0 Å². The van der Waals surface area contributed by atoms with Crippen LogP contribution in [-0.2, 0) is 30.6 Å². The number of nitrogen functional groups attached to an aromatic ring is 3. The summed E-state index contributed by atoms with van der Waals surface area (Å²) in [6.45, 7) is 4.02. The highest BCUT2D eigenvalue weighted by molar-refractivity contribution is 6.00. The van der Waals surface area contributed by atoms with E-state index in [9.17, 15) is 19.5 Å². The molecule has 0 atom stereocenters. The number of aliphatic hydroxyl groups is 1. The molecule has 7 N–H and O–H groups in total. The van der Waals surface area contributed by atoms with Crippen molar-refractivity contribution < 1.29 is 29.0 Å². The Bertz CT molecular complexity index is 2710. The van der Waals surface area contributed by atoms with E-state index in [-0.39, 0.29) is 104 Å². The van der Waals surface area contributed by atoms with Crippen LogP contribution in [0.5, 0.6) is 0 Å². The topological polar surface area (TPSA) is 388 Å². The number of aromatic nitrogens is 15. The lowest BCUT2D eigenvalue weighted by molar-refractivity contribution is 0.0592. The minimum absolute atomic E-state index is 0.0320. The van der Waals surface area contributed by atoms with Crippen LogP contribution in [0.25, 0.3) is 17.8 Å². The summed E-state index contributed by atoms with van der Waals surface area (Å²) >= 11 is 0. The second-order valence-electron chi connectivity index (χ2n) is 13.1. The summed E-state index contributed by atoms with van der Waals surface area (Å²) in [6, 6.07) is 0. The number of Topliss-reactive ketones (excluding diaryl/α,β-unsaturated/α-hetero) is 1. The number of aliphatic hydroxyl groups excluding tert-OH is 1. The summed E-state index contributed by atoms with van der Waals surface area (Å²) in [5.41, 5.74) is 21.0. The highest BCUT2D eigenvalue weighted by Gasteiger charge is 2.26. The SMILES string of the molecule is COC(=O)c1cnn(C)c1N=Nc1c(C)nn(-c2nc(-n3nc(C)c(N=Nc4c(C(=O)CO)cnn4C)c3N)nc(-n3nc(C)c(N=Nc4c(C(=O)OC)cnn4C)c3N)n2)c1N. The molecule has 63 heavy (non-hydrogen) atoms. The molecule has 0 aromatic carbocycles. The fourth-order valence-electron chi connectivity index (χ4n) is 5.80. The van der Waals surface area contributed by atoms with E-state index in [1.54, 1.807) is 34.9 Å². The zero-order chi connectivity index (χ0) is 45.4. The molecule has 0 radical (unpaired) electrons. The van der Waals surface area contributed by atoms with E-state index in [4.69, 9.17) is 26.7 Å². The maximum absolute atomic E-state index is 12.3. The lowest BCUT2D eigenvalue weighted by Gasteiger charge is -2.10. The Morgan fingerprint density at radius 1 is 0.556 bits per heavy atom. The lowest BCUT2D eigenvalue weighted by Crippen LogP contribution is -2.17. The van der Waals surface area contributed by atoms with Crippen molar-refractivity contribution in [1.29, 1.82) is 0 Å². The van der Waals surface area contributed by atoms with Crippen LogP contribution in [0.2, 0.25) is 0 Å². The zero-order valence-electron chi connectivity index (χ0n) is 34.6. The Morgan fingerprint density at radius 3 is 1.16 bits per heavy atom. The van der Waals surface area contributed by atoms with Gasteiger partial charge in [-0.3, -0.25) is 4.79 Å². The molecule has 0 aliphatic rings. The highest BCUT2D eigenvalue weighted by atomic mass is 16.5. The van der Waals surface area contributed by atoms with Crippen molar-refractivity contribution in [3.05, 3.63) is 52.4 Å². The molecule has 0 spiro atoms. The predicted octanol–water partition coefficient (Wildman–Crippen LogP) is 2.30. The van der Waals surface area contributed by atoms with Crippen LogP contribution in [0, 0.1) is 20.8 Å². The first-order valence-corrected chi connectivity index (χ1v) is 18.0. The number of ether oxygens (including phenoxy) is 2. The molecule has 7 aromatic rings. The van der Waals surface area contributed by atoms with Crippen LogP contribution < -0.4 is 17.2 Å². The summed E-state index contributed by atoms with van der Waals surface area (Å²) in [5, 5.41) is 60.5. The number of hydrogen-bond acceptors (Lipinski definition) is 24. The maximum Gasteiger partial charge on any atom is 0.343 e. The minimum Gasteiger partial charge on any atom is -0.465 e. The molecule has 0 saturated heterocycles. The maximum atomic E-state index is 12.3. The monoisotopic (exact) mass is 864 g/mol. The van der Waals surface area contributed by atoms with Gasteiger partial charge in [0, 0.05) is 21.1 Å². The smallest absolute Gasteiger partial charge is 0.343 e. The van der Waals surface area contributed by atoms with Crippen LogP contribution in [-0.4, -0.2) is 117 Å². The van der Waals surface area contributed by atoms with Crippen molar-refractivity contribution in [2.24, 2.45) is 51.8 Å². The fourth-order valence-corrected chi connectivity index (χ4v) is 5.80. The van der Waals surface area contributed by atoms with Crippen molar-refractivity contribution in [3.63, 3.8) is 0 Å². The third kappa shape index (κ3) is 7.58. The molecule has 7 aromatic heterocycles. The van der Waals surface area contributed by atoms with Gasteiger partial charge >= 0.3 is 11.9 Å². The number of aryl methyl sites for hydroxylation is 6. The first-order valence-electron chi connectivity index (χ1n) is 18.0. The van der Waals surface area contributed by atoms with Gasteiger partial charge in [0.25, 0.3) is 17.8 Å². The van der Waals surface area contributed by atoms with E-state index in [1.165, 1.54) is 53.9 Å². The minimum atomic E-state index is -0.770. The Balaban J connectivity index is 1.36. The van der Waals surface area contributed by atoms with E-state index < -0.39 is 24.3 Å². The Labute approximate surface area is 352 Å². The van der Waals surface area contributed by atoms with Crippen molar-refractivity contribution >= 4 is 69.7 Å². The Kier molecular flexibility index (Phi) is 11.1. The molecule has 0 unspecified atom stereocenters. The number of methoxy groups -OCH3 is 2. The van der Waals surface area contributed by atoms with Gasteiger partial charge in [-0.2, -0.15) is 59.6 Å². The lowest BCUT2D eigenvalue weighted by atomic mass is 10.2.